The zero-order valence-electron chi connectivity index (χ0n) is 6.72. The van der Waals surface area contributed by atoms with Gasteiger partial charge >= 0.3 is 0 Å². The highest BCUT2D eigenvalue weighted by Crippen LogP contribution is 2.35. The van der Waals surface area contributed by atoms with Crippen molar-refractivity contribution in [2.24, 2.45) is 0 Å². The van der Waals surface area contributed by atoms with Crippen LogP contribution < -0.4 is 0 Å². The summed E-state index contributed by atoms with van der Waals surface area (Å²) in [5, 5.41) is -1.25. The highest BCUT2D eigenvalue weighted by Gasteiger charge is 2.27. The average molecular weight is 388 g/mol. The number of nitrogens with zero attached hydrogens (tertiary/aromatic N) is 1. The number of hydrogen-bond acceptors (Lipinski definition) is 3. The number of hydrogen-bond donors (Lipinski definition) is 0. The molecule has 0 spiro atoms. The molecule has 0 saturated carbocycles. The van der Waals surface area contributed by atoms with Gasteiger partial charge in [-0.2, -0.15) is 0 Å². The van der Waals surface area contributed by atoms with Gasteiger partial charge in [-0.15, -0.1) is 0 Å². The van der Waals surface area contributed by atoms with Crippen LogP contribution in [0.4, 0.5) is 8.78 Å². The van der Waals surface area contributed by atoms with Crippen LogP contribution in [0.2, 0.25) is 5.02 Å². The molecule has 1 aromatic rings. The van der Waals surface area contributed by atoms with Crippen LogP contribution in [-0.4, -0.2) is 13.4 Å². The first-order valence-corrected chi connectivity index (χ1v) is 7.08. The molecule has 0 fully saturated rings. The number of halogens is 5. The van der Waals surface area contributed by atoms with Crippen molar-refractivity contribution in [3.05, 3.63) is 20.4 Å². The van der Waals surface area contributed by atoms with Gasteiger partial charge in [0, 0.05) is 16.9 Å². The highest BCUT2D eigenvalue weighted by molar-refractivity contribution is 14.1. The van der Waals surface area contributed by atoms with E-state index in [1.54, 1.807) is 22.6 Å². The maximum atomic E-state index is 12.5. The second-order valence-corrected chi connectivity index (χ2v) is 6.40. The summed E-state index contributed by atoms with van der Waals surface area (Å²) in [6.45, 7) is 0. The molecule has 1 aromatic heterocycles. The maximum Gasteiger partial charge on any atom is 0.279 e. The van der Waals surface area contributed by atoms with Gasteiger partial charge < -0.3 is 0 Å². The predicted molar refractivity (Wildman–Crippen MR) is 60.0 cm³/mol. The molecule has 0 saturated heterocycles. The van der Waals surface area contributed by atoms with Crippen molar-refractivity contribution < 1.29 is 17.2 Å². The molecule has 0 unspecified atom stereocenters. The topological polar surface area (TPSA) is 47.0 Å². The van der Waals surface area contributed by atoms with E-state index in [1.165, 1.54) is 0 Å². The lowest BCUT2D eigenvalue weighted by molar-refractivity contribution is 0.147. The number of pyridine rings is 1. The molecule has 0 bridgehead atoms. The van der Waals surface area contributed by atoms with Crippen LogP contribution in [-0.2, 0) is 9.05 Å². The van der Waals surface area contributed by atoms with Crippen LogP contribution in [0.15, 0.2) is 11.2 Å². The lowest BCUT2D eigenvalue weighted by atomic mass is 10.3. The van der Waals surface area contributed by atoms with Crippen molar-refractivity contribution in [2.75, 3.05) is 0 Å². The van der Waals surface area contributed by atoms with Gasteiger partial charge in [0.2, 0.25) is 0 Å². The Balaban J connectivity index is 3.62. The summed E-state index contributed by atoms with van der Waals surface area (Å²) in [4.78, 5) is 3.34. The molecule has 0 amide bonds. The molecule has 0 aliphatic carbocycles. The van der Waals surface area contributed by atoms with E-state index in [0.29, 0.717) is 0 Å². The highest BCUT2D eigenvalue weighted by atomic mass is 127. The van der Waals surface area contributed by atoms with Gasteiger partial charge in [0.25, 0.3) is 15.5 Å². The Bertz CT molecular complexity index is 494. The van der Waals surface area contributed by atoms with Crippen LogP contribution in [0.5, 0.6) is 0 Å². The SMILES string of the molecule is O=S(=O)(Cl)c1ncc(I)c(Cl)c1C(F)F. The summed E-state index contributed by atoms with van der Waals surface area (Å²) in [5.41, 5.74) is -0.862. The molecule has 3 nitrogen and oxygen atoms in total. The van der Waals surface area contributed by atoms with Gasteiger partial charge in [0.15, 0.2) is 5.03 Å². The van der Waals surface area contributed by atoms with Crippen molar-refractivity contribution in [1.29, 1.82) is 0 Å². The predicted octanol–water partition coefficient (Wildman–Crippen LogP) is 3.20. The third-order valence-electron chi connectivity index (χ3n) is 1.42. The van der Waals surface area contributed by atoms with Crippen LogP contribution >= 0.6 is 44.9 Å². The summed E-state index contributed by atoms with van der Waals surface area (Å²) in [5.74, 6) is 0. The molecule has 9 heteroatoms. The van der Waals surface area contributed by atoms with Crippen molar-refractivity contribution >= 4 is 53.9 Å². The first-order chi connectivity index (χ1) is 6.75. The van der Waals surface area contributed by atoms with Crippen LogP contribution in [0.25, 0.3) is 0 Å². The van der Waals surface area contributed by atoms with Gasteiger partial charge in [-0.05, 0) is 22.6 Å². The Hall–Kier alpha value is 0.270. The van der Waals surface area contributed by atoms with Gasteiger partial charge in [-0.3, -0.25) is 0 Å². The molecule has 84 valence electrons. The Morgan fingerprint density at radius 2 is 2.00 bits per heavy atom. The second kappa shape index (κ2) is 4.64. The molecule has 0 N–H and O–H groups in total. The minimum atomic E-state index is -4.32. The zero-order valence-corrected chi connectivity index (χ0v) is 11.2. The molecule has 0 atom stereocenters. The molecular weight excluding hydrogens is 386 g/mol. The van der Waals surface area contributed by atoms with Crippen molar-refractivity contribution in [2.45, 2.75) is 11.5 Å². The van der Waals surface area contributed by atoms with E-state index < -0.39 is 26.1 Å². The van der Waals surface area contributed by atoms with E-state index in [0.717, 1.165) is 6.20 Å². The Morgan fingerprint density at radius 3 is 2.40 bits per heavy atom. The van der Waals surface area contributed by atoms with Crippen LogP contribution in [0.3, 0.4) is 0 Å². The second-order valence-electron chi connectivity index (χ2n) is 2.38. The third kappa shape index (κ3) is 2.89. The summed E-state index contributed by atoms with van der Waals surface area (Å²) < 4.78 is 47.2. The first-order valence-electron chi connectivity index (χ1n) is 3.32. The molecule has 1 rings (SSSR count). The smallest absolute Gasteiger partial charge is 0.242 e. The van der Waals surface area contributed by atoms with Crippen molar-refractivity contribution in [1.82, 2.24) is 4.98 Å². The fourth-order valence-corrected chi connectivity index (χ4v) is 2.56. The Morgan fingerprint density at radius 1 is 1.47 bits per heavy atom. The number of rotatable bonds is 2. The standard InChI is InChI=1S/C6H2Cl2F2INO2S/c7-4-2(11)1-12-6(15(8,13)14)3(4)5(9)10/h1,5H. The summed E-state index contributed by atoms with van der Waals surface area (Å²) >= 11 is 7.21. The van der Waals surface area contributed by atoms with Gasteiger partial charge in [0.05, 0.1) is 14.2 Å². The van der Waals surface area contributed by atoms with Crippen molar-refractivity contribution in [3.63, 3.8) is 0 Å². The summed E-state index contributed by atoms with van der Waals surface area (Å²) in [6, 6.07) is 0. The average Bonchev–Trinajstić information content (AvgIpc) is 2.06. The number of alkyl halides is 2. The molecule has 0 aliphatic heterocycles. The lowest BCUT2D eigenvalue weighted by Gasteiger charge is -2.08. The molecule has 0 aromatic carbocycles. The van der Waals surface area contributed by atoms with Crippen LogP contribution in [0, 0.1) is 3.57 Å². The minimum absolute atomic E-state index is 0.230. The van der Waals surface area contributed by atoms with Crippen LogP contribution in [0.1, 0.15) is 12.0 Å². The van der Waals surface area contributed by atoms with E-state index in [-0.39, 0.29) is 8.59 Å². The molecule has 15 heavy (non-hydrogen) atoms. The van der Waals surface area contributed by atoms with Gasteiger partial charge in [-0.25, -0.2) is 22.2 Å². The monoisotopic (exact) mass is 387 g/mol. The summed E-state index contributed by atoms with van der Waals surface area (Å²) in [7, 11) is 0.623. The minimum Gasteiger partial charge on any atom is -0.242 e. The molecule has 1 heterocycles. The quantitative estimate of drug-likeness (QED) is 0.578. The third-order valence-corrected chi connectivity index (χ3v) is 4.19. The fraction of sp³-hybridized carbons (Fsp3) is 0.167. The van der Waals surface area contributed by atoms with E-state index in [9.17, 15) is 17.2 Å². The van der Waals surface area contributed by atoms with Gasteiger partial charge in [0.1, 0.15) is 0 Å². The Kier molecular flexibility index (Phi) is 4.13. The van der Waals surface area contributed by atoms with Crippen molar-refractivity contribution in [3.8, 4) is 0 Å². The Labute approximate surface area is 107 Å². The zero-order chi connectivity index (χ0) is 11.8. The summed E-state index contributed by atoms with van der Waals surface area (Å²) in [6.07, 6.45) is -1.99. The molecule has 0 radical (unpaired) electrons. The first kappa shape index (κ1) is 13.3. The van der Waals surface area contributed by atoms with E-state index in [2.05, 4.69) is 4.98 Å². The normalized spacial score (nSPS) is 12.1. The van der Waals surface area contributed by atoms with E-state index >= 15 is 0 Å². The number of aromatic nitrogens is 1. The molecular formula is C6H2Cl2F2INO2S. The maximum absolute atomic E-state index is 12.5. The van der Waals surface area contributed by atoms with Gasteiger partial charge in [-0.1, -0.05) is 11.6 Å². The fourth-order valence-electron chi connectivity index (χ4n) is 0.847. The van der Waals surface area contributed by atoms with E-state index in [1.807, 2.05) is 0 Å². The van der Waals surface area contributed by atoms with E-state index in [4.69, 9.17) is 22.3 Å². The largest absolute Gasteiger partial charge is 0.279 e. The molecule has 0 aliphatic rings. The lowest BCUT2D eigenvalue weighted by Crippen LogP contribution is -2.04.